The van der Waals surface area contributed by atoms with Crippen molar-refractivity contribution in [2.24, 2.45) is 0 Å². The fourth-order valence-electron chi connectivity index (χ4n) is 4.71. The molecule has 4 heterocycles. The van der Waals surface area contributed by atoms with Gasteiger partial charge in [0.15, 0.2) is 23.5 Å². The Kier molecular flexibility index (Phi) is 5.90. The fourth-order valence-corrected chi connectivity index (χ4v) is 4.71. The third-order valence-corrected chi connectivity index (χ3v) is 6.71. The van der Waals surface area contributed by atoms with Crippen molar-refractivity contribution in [1.29, 1.82) is 0 Å². The second-order valence-electron chi connectivity index (χ2n) is 9.67. The summed E-state index contributed by atoms with van der Waals surface area (Å²) >= 11 is 0. The summed E-state index contributed by atoms with van der Waals surface area (Å²) in [6.45, 7) is 6.96. The number of alkyl halides is 1. The van der Waals surface area contributed by atoms with Crippen molar-refractivity contribution < 1.29 is 23.0 Å². The van der Waals surface area contributed by atoms with Gasteiger partial charge in [-0.15, -0.1) is 5.10 Å². The number of fused-ring (bicyclic) bond motifs is 2. The minimum absolute atomic E-state index is 0.0123. The molecule has 1 unspecified atom stereocenters. The summed E-state index contributed by atoms with van der Waals surface area (Å²) in [6, 6.07) is 1.18. The average molecular weight is 501 g/mol. The predicted octanol–water partition coefficient (Wildman–Crippen LogP) is 5.02. The Morgan fingerprint density at radius 2 is 2.00 bits per heavy atom. The van der Waals surface area contributed by atoms with Gasteiger partial charge in [-0.25, -0.2) is 22.7 Å². The number of nitrogens with one attached hydrogen (secondary N) is 1. The first-order chi connectivity index (χ1) is 17.1. The molecule has 2 N–H and O–H groups in total. The summed E-state index contributed by atoms with van der Waals surface area (Å²) in [5.74, 6) is -1.08. The van der Waals surface area contributed by atoms with Gasteiger partial charge in [0.2, 0.25) is 11.8 Å². The molecule has 0 amide bonds. The van der Waals surface area contributed by atoms with Gasteiger partial charge < -0.3 is 15.2 Å². The lowest BCUT2D eigenvalue weighted by Gasteiger charge is -2.33. The Hall–Kier alpha value is -3.60. The maximum atomic E-state index is 15.3. The maximum absolute atomic E-state index is 15.3. The van der Waals surface area contributed by atoms with Gasteiger partial charge in [0.25, 0.3) is 0 Å². The van der Waals surface area contributed by atoms with Gasteiger partial charge in [-0.3, -0.25) is 4.40 Å². The zero-order valence-corrected chi connectivity index (χ0v) is 20.2. The number of hydrogen-bond donors (Lipinski definition) is 2. The van der Waals surface area contributed by atoms with Crippen LogP contribution in [-0.2, 0) is 0 Å². The molecule has 0 radical (unpaired) electrons. The number of anilines is 1. The van der Waals surface area contributed by atoms with Crippen molar-refractivity contribution in [3.63, 3.8) is 0 Å². The van der Waals surface area contributed by atoms with Gasteiger partial charge in [0.1, 0.15) is 5.52 Å². The van der Waals surface area contributed by atoms with E-state index in [-0.39, 0.29) is 51.4 Å². The molecule has 4 aromatic heterocycles. The Morgan fingerprint density at radius 3 is 2.67 bits per heavy atom. The molecule has 1 fully saturated rings. The normalized spacial score (nSPS) is 21.1. The zero-order chi connectivity index (χ0) is 25.8. The lowest BCUT2D eigenvalue weighted by atomic mass is 9.84. The number of aliphatic hydroxyl groups is 1. The fraction of sp³-hybridized carbons (Fsp3) is 0.400. The molecule has 0 aromatic carbocycles. The van der Waals surface area contributed by atoms with Crippen LogP contribution in [0.4, 0.5) is 19.1 Å². The highest BCUT2D eigenvalue weighted by Crippen LogP contribution is 2.36. The van der Waals surface area contributed by atoms with E-state index in [9.17, 15) is 13.9 Å². The highest BCUT2D eigenvalue weighted by molar-refractivity contribution is 5.85. The average Bonchev–Trinajstić information content (AvgIpc) is 3.40. The van der Waals surface area contributed by atoms with E-state index in [2.05, 4.69) is 27.0 Å². The monoisotopic (exact) mass is 500 g/mol. The van der Waals surface area contributed by atoms with Crippen molar-refractivity contribution in [3.8, 4) is 17.0 Å². The SMILES string of the molecule is C=C(C)C(F)c1cnc2c(F)cc(-c3c(F)cn4nc(NC5CCC(C)(O)CC5)nc(OC)c34)cn12. The Morgan fingerprint density at radius 1 is 1.28 bits per heavy atom. The van der Waals surface area contributed by atoms with Crippen molar-refractivity contribution in [2.45, 2.75) is 57.3 Å². The van der Waals surface area contributed by atoms with Crippen LogP contribution in [0.5, 0.6) is 5.88 Å². The number of methoxy groups -OCH3 is 1. The summed E-state index contributed by atoms with van der Waals surface area (Å²) in [6.07, 6.45) is 5.00. The predicted molar refractivity (Wildman–Crippen MR) is 129 cm³/mol. The molecule has 1 aliphatic rings. The van der Waals surface area contributed by atoms with Crippen molar-refractivity contribution in [2.75, 3.05) is 12.4 Å². The summed E-state index contributed by atoms with van der Waals surface area (Å²) in [4.78, 5) is 8.39. The first kappa shape index (κ1) is 24.1. The van der Waals surface area contributed by atoms with E-state index in [1.54, 1.807) is 0 Å². The highest BCUT2D eigenvalue weighted by atomic mass is 19.1. The molecular formula is C25H27F3N6O2. The third-order valence-electron chi connectivity index (χ3n) is 6.71. The van der Waals surface area contributed by atoms with Crippen LogP contribution in [0.2, 0.25) is 0 Å². The molecule has 1 atom stereocenters. The van der Waals surface area contributed by atoms with Gasteiger partial charge in [-0.1, -0.05) is 6.58 Å². The van der Waals surface area contributed by atoms with E-state index in [0.717, 1.165) is 25.1 Å². The summed E-state index contributed by atoms with van der Waals surface area (Å²) in [5, 5.41) is 17.8. The van der Waals surface area contributed by atoms with E-state index >= 15 is 4.39 Å². The van der Waals surface area contributed by atoms with Crippen molar-refractivity contribution >= 4 is 17.1 Å². The number of allylic oxidation sites excluding steroid dienone is 1. The quantitative estimate of drug-likeness (QED) is 0.362. The van der Waals surface area contributed by atoms with Crippen LogP contribution in [0.25, 0.3) is 22.3 Å². The minimum atomic E-state index is -1.57. The van der Waals surface area contributed by atoms with Crippen LogP contribution in [0, 0.1) is 11.6 Å². The second kappa shape index (κ2) is 8.81. The van der Waals surface area contributed by atoms with E-state index in [1.165, 1.54) is 35.3 Å². The maximum Gasteiger partial charge on any atom is 0.244 e. The molecule has 0 bridgehead atoms. The topological polar surface area (TPSA) is 89.0 Å². The number of rotatable bonds is 6. The van der Waals surface area contributed by atoms with Gasteiger partial charge in [0.05, 0.1) is 36.4 Å². The molecule has 4 aromatic rings. The van der Waals surface area contributed by atoms with Gasteiger partial charge in [0, 0.05) is 17.8 Å². The summed E-state index contributed by atoms with van der Waals surface area (Å²) < 4.78 is 53.0. The Labute approximate surface area is 205 Å². The number of halogens is 3. The van der Waals surface area contributed by atoms with Crippen LogP contribution in [-0.4, -0.2) is 47.8 Å². The van der Waals surface area contributed by atoms with Crippen LogP contribution < -0.4 is 10.1 Å². The van der Waals surface area contributed by atoms with Crippen molar-refractivity contribution in [3.05, 3.63) is 54.1 Å². The number of ether oxygens (including phenoxy) is 1. The smallest absolute Gasteiger partial charge is 0.244 e. The molecule has 0 saturated heterocycles. The molecule has 0 aliphatic heterocycles. The third kappa shape index (κ3) is 4.17. The van der Waals surface area contributed by atoms with Gasteiger partial charge in [-0.2, -0.15) is 4.98 Å². The standard InChI is InChI=1S/C25H27F3N6O2/c1-13(2)20(28)18-10-29-22-16(26)9-14(11-33(18)22)19-17(27)12-34-21(19)23(36-4)31-24(32-34)30-15-5-7-25(3,35)8-6-15/h9-12,15,20,35H,1,5-8H2,2-4H3,(H,30,32). The van der Waals surface area contributed by atoms with Crippen LogP contribution in [0.1, 0.15) is 51.4 Å². The first-order valence-electron chi connectivity index (χ1n) is 11.7. The lowest BCUT2D eigenvalue weighted by molar-refractivity contribution is 0.0195. The molecule has 8 nitrogen and oxygen atoms in total. The van der Waals surface area contributed by atoms with Crippen LogP contribution in [0.15, 0.2) is 36.8 Å². The minimum Gasteiger partial charge on any atom is -0.479 e. The second-order valence-corrected chi connectivity index (χ2v) is 9.67. The number of hydrogen-bond acceptors (Lipinski definition) is 6. The van der Waals surface area contributed by atoms with Gasteiger partial charge >= 0.3 is 0 Å². The largest absolute Gasteiger partial charge is 0.479 e. The zero-order valence-electron chi connectivity index (χ0n) is 20.2. The molecule has 36 heavy (non-hydrogen) atoms. The molecule has 5 rings (SSSR count). The Balaban J connectivity index is 1.58. The number of pyridine rings is 1. The molecule has 1 saturated carbocycles. The van der Waals surface area contributed by atoms with Crippen LogP contribution >= 0.6 is 0 Å². The van der Waals surface area contributed by atoms with Crippen molar-refractivity contribution in [1.82, 2.24) is 24.0 Å². The van der Waals surface area contributed by atoms with E-state index < -0.39 is 23.4 Å². The summed E-state index contributed by atoms with van der Waals surface area (Å²) in [7, 11) is 1.40. The number of nitrogens with zero attached hydrogens (tertiary/aromatic N) is 5. The molecule has 0 spiro atoms. The first-order valence-corrected chi connectivity index (χ1v) is 11.7. The van der Waals surface area contributed by atoms with E-state index in [1.807, 2.05) is 6.92 Å². The molecule has 1 aliphatic carbocycles. The van der Waals surface area contributed by atoms with Gasteiger partial charge in [-0.05, 0) is 51.2 Å². The number of aromatic nitrogens is 5. The molecule has 190 valence electrons. The number of imidazole rings is 1. The molecular weight excluding hydrogens is 473 g/mol. The lowest BCUT2D eigenvalue weighted by Crippen LogP contribution is -2.36. The highest BCUT2D eigenvalue weighted by Gasteiger charge is 2.30. The molecule has 11 heteroatoms. The van der Waals surface area contributed by atoms with E-state index in [0.29, 0.717) is 12.8 Å². The van der Waals surface area contributed by atoms with E-state index in [4.69, 9.17) is 4.74 Å². The Bertz CT molecular complexity index is 1470. The van der Waals surface area contributed by atoms with Crippen LogP contribution in [0.3, 0.4) is 0 Å². The summed E-state index contributed by atoms with van der Waals surface area (Å²) in [5.41, 5.74) is -0.0874.